The first-order valence-corrected chi connectivity index (χ1v) is 6.33. The van der Waals surface area contributed by atoms with E-state index in [9.17, 15) is 10.1 Å². The van der Waals surface area contributed by atoms with Gasteiger partial charge in [-0.15, -0.1) is 0 Å². The molecule has 0 aromatic heterocycles. The molecule has 0 aliphatic carbocycles. The van der Waals surface area contributed by atoms with E-state index in [2.05, 4.69) is 5.32 Å². The third kappa shape index (κ3) is 3.46. The van der Waals surface area contributed by atoms with E-state index in [1.54, 1.807) is 24.3 Å². The lowest BCUT2D eigenvalue weighted by Crippen LogP contribution is -2.06. The molecule has 6 heteroatoms. The van der Waals surface area contributed by atoms with Gasteiger partial charge in [0, 0.05) is 29.3 Å². The maximum atomic E-state index is 10.6. The Bertz CT molecular complexity index is 614. The first kappa shape index (κ1) is 14.3. The van der Waals surface area contributed by atoms with Crippen molar-refractivity contribution in [3.8, 4) is 11.5 Å². The molecule has 20 heavy (non-hydrogen) atoms. The van der Waals surface area contributed by atoms with E-state index in [-0.39, 0.29) is 5.69 Å². The fraction of sp³-hybridized carbons (Fsp3) is 0.143. The van der Waals surface area contributed by atoms with Gasteiger partial charge >= 0.3 is 0 Å². The second-order valence-electron chi connectivity index (χ2n) is 4.14. The van der Waals surface area contributed by atoms with Gasteiger partial charge < -0.3 is 10.1 Å². The normalized spacial score (nSPS) is 10.3. The van der Waals surface area contributed by atoms with Gasteiger partial charge in [-0.3, -0.25) is 10.1 Å². The second kappa shape index (κ2) is 6.36. The Morgan fingerprint density at radius 2 is 1.95 bits per heavy atom. The standard InChI is InChI=1S/C14H13ClN2O3/c1-16-9-10-2-3-11(15)8-14(10)20-13-6-4-12(5-7-13)17(18)19/h2-8,16H,9H2,1H3. The van der Waals surface area contributed by atoms with Crippen LogP contribution in [0.25, 0.3) is 0 Å². The maximum Gasteiger partial charge on any atom is 0.269 e. The van der Waals surface area contributed by atoms with E-state index in [1.165, 1.54) is 12.1 Å². The van der Waals surface area contributed by atoms with E-state index in [1.807, 2.05) is 13.1 Å². The van der Waals surface area contributed by atoms with Crippen LogP contribution in [0, 0.1) is 10.1 Å². The molecule has 0 heterocycles. The van der Waals surface area contributed by atoms with Crippen molar-refractivity contribution in [1.29, 1.82) is 0 Å². The van der Waals surface area contributed by atoms with Gasteiger partial charge in [0.15, 0.2) is 0 Å². The number of benzene rings is 2. The van der Waals surface area contributed by atoms with Crippen molar-refractivity contribution < 1.29 is 9.66 Å². The van der Waals surface area contributed by atoms with Gasteiger partial charge in [0.2, 0.25) is 0 Å². The third-order valence-corrected chi connectivity index (χ3v) is 2.91. The number of nitrogens with zero attached hydrogens (tertiary/aromatic N) is 1. The number of non-ortho nitro benzene ring substituents is 1. The van der Waals surface area contributed by atoms with E-state index < -0.39 is 4.92 Å². The van der Waals surface area contributed by atoms with Crippen LogP contribution in [0.15, 0.2) is 42.5 Å². The molecule has 0 bridgehead atoms. The predicted octanol–water partition coefficient (Wildman–Crippen LogP) is 3.76. The highest BCUT2D eigenvalue weighted by atomic mass is 35.5. The third-order valence-electron chi connectivity index (χ3n) is 2.67. The molecule has 2 rings (SSSR count). The molecule has 2 aromatic rings. The Morgan fingerprint density at radius 3 is 2.55 bits per heavy atom. The van der Waals surface area contributed by atoms with Crippen LogP contribution in [0.3, 0.4) is 0 Å². The Morgan fingerprint density at radius 1 is 1.25 bits per heavy atom. The molecule has 104 valence electrons. The Hall–Kier alpha value is -2.11. The lowest BCUT2D eigenvalue weighted by molar-refractivity contribution is -0.384. The molecule has 2 aromatic carbocycles. The minimum Gasteiger partial charge on any atom is -0.457 e. The van der Waals surface area contributed by atoms with Crippen LogP contribution >= 0.6 is 11.6 Å². The minimum absolute atomic E-state index is 0.0268. The molecule has 1 N–H and O–H groups in total. The monoisotopic (exact) mass is 292 g/mol. The molecule has 0 fully saturated rings. The van der Waals surface area contributed by atoms with Crippen LogP contribution in [-0.2, 0) is 6.54 Å². The fourth-order valence-electron chi connectivity index (χ4n) is 1.72. The molecule has 0 saturated carbocycles. The smallest absolute Gasteiger partial charge is 0.269 e. The Balaban J connectivity index is 2.24. The van der Waals surface area contributed by atoms with Gasteiger partial charge in [0.25, 0.3) is 5.69 Å². The van der Waals surface area contributed by atoms with Crippen molar-refractivity contribution in [3.05, 3.63) is 63.2 Å². The highest BCUT2D eigenvalue weighted by Gasteiger charge is 2.08. The topological polar surface area (TPSA) is 64.4 Å². The fourth-order valence-corrected chi connectivity index (χ4v) is 1.88. The number of ether oxygens (including phenoxy) is 1. The van der Waals surface area contributed by atoms with Crippen LogP contribution in [0.4, 0.5) is 5.69 Å². The lowest BCUT2D eigenvalue weighted by Gasteiger charge is -2.11. The van der Waals surface area contributed by atoms with E-state index in [0.717, 1.165) is 5.56 Å². The molecule has 0 radical (unpaired) electrons. The van der Waals surface area contributed by atoms with Gasteiger partial charge in [0.05, 0.1) is 4.92 Å². The molecule has 5 nitrogen and oxygen atoms in total. The van der Waals surface area contributed by atoms with Gasteiger partial charge in [-0.1, -0.05) is 17.7 Å². The van der Waals surface area contributed by atoms with Gasteiger partial charge in [-0.05, 0) is 31.3 Å². The van der Waals surface area contributed by atoms with E-state index in [4.69, 9.17) is 16.3 Å². The summed E-state index contributed by atoms with van der Waals surface area (Å²) < 4.78 is 5.73. The summed E-state index contributed by atoms with van der Waals surface area (Å²) in [6.07, 6.45) is 0. The summed E-state index contributed by atoms with van der Waals surface area (Å²) in [5, 5.41) is 14.2. The summed E-state index contributed by atoms with van der Waals surface area (Å²) in [5.41, 5.74) is 0.981. The molecule has 0 saturated heterocycles. The first-order valence-electron chi connectivity index (χ1n) is 5.95. The Kier molecular flexibility index (Phi) is 4.55. The summed E-state index contributed by atoms with van der Waals surface area (Å²) in [6, 6.07) is 11.3. The maximum absolute atomic E-state index is 10.6. The zero-order valence-corrected chi connectivity index (χ0v) is 11.6. The number of hydrogen-bond acceptors (Lipinski definition) is 4. The first-order chi connectivity index (χ1) is 9.60. The van der Waals surface area contributed by atoms with Crippen LogP contribution in [0.1, 0.15) is 5.56 Å². The highest BCUT2D eigenvalue weighted by molar-refractivity contribution is 6.30. The molecule has 0 unspecified atom stereocenters. The highest BCUT2D eigenvalue weighted by Crippen LogP contribution is 2.29. The van der Waals surface area contributed by atoms with Crippen LogP contribution in [0.2, 0.25) is 5.02 Å². The molecule has 0 aliphatic heterocycles. The molecule has 0 aliphatic rings. The van der Waals surface area contributed by atoms with Crippen molar-refractivity contribution in [2.45, 2.75) is 6.54 Å². The average Bonchev–Trinajstić information content (AvgIpc) is 2.42. The second-order valence-corrected chi connectivity index (χ2v) is 4.57. The molecule has 0 atom stereocenters. The van der Waals surface area contributed by atoms with E-state index in [0.29, 0.717) is 23.1 Å². The van der Waals surface area contributed by atoms with Crippen LogP contribution < -0.4 is 10.1 Å². The number of halogens is 1. The number of rotatable bonds is 5. The van der Waals surface area contributed by atoms with Gasteiger partial charge in [-0.2, -0.15) is 0 Å². The van der Waals surface area contributed by atoms with Crippen molar-refractivity contribution in [2.24, 2.45) is 0 Å². The number of nitrogens with one attached hydrogen (secondary N) is 1. The predicted molar refractivity (Wildman–Crippen MR) is 77.4 cm³/mol. The quantitative estimate of drug-likeness (QED) is 0.673. The number of nitro benzene ring substituents is 1. The van der Waals surface area contributed by atoms with Crippen molar-refractivity contribution in [2.75, 3.05) is 7.05 Å². The van der Waals surface area contributed by atoms with Gasteiger partial charge in [-0.25, -0.2) is 0 Å². The lowest BCUT2D eigenvalue weighted by atomic mass is 10.2. The largest absolute Gasteiger partial charge is 0.457 e. The van der Waals surface area contributed by atoms with Crippen LogP contribution in [-0.4, -0.2) is 12.0 Å². The SMILES string of the molecule is CNCc1ccc(Cl)cc1Oc1ccc([N+](=O)[O-])cc1. The van der Waals surface area contributed by atoms with E-state index >= 15 is 0 Å². The summed E-state index contributed by atoms with van der Waals surface area (Å²) in [4.78, 5) is 10.1. The van der Waals surface area contributed by atoms with Crippen molar-refractivity contribution in [3.63, 3.8) is 0 Å². The van der Waals surface area contributed by atoms with Crippen molar-refractivity contribution >= 4 is 17.3 Å². The molecule has 0 amide bonds. The zero-order chi connectivity index (χ0) is 14.5. The summed E-state index contributed by atoms with van der Waals surface area (Å²) in [5.74, 6) is 1.15. The number of nitro groups is 1. The molecule has 0 spiro atoms. The summed E-state index contributed by atoms with van der Waals surface area (Å²) >= 11 is 5.96. The van der Waals surface area contributed by atoms with Crippen molar-refractivity contribution in [1.82, 2.24) is 5.32 Å². The van der Waals surface area contributed by atoms with Crippen LogP contribution in [0.5, 0.6) is 11.5 Å². The minimum atomic E-state index is -0.449. The summed E-state index contributed by atoms with van der Waals surface area (Å²) in [6.45, 7) is 0.638. The average molecular weight is 293 g/mol. The Labute approximate surface area is 121 Å². The number of hydrogen-bond donors (Lipinski definition) is 1. The molecular weight excluding hydrogens is 280 g/mol. The summed E-state index contributed by atoms with van der Waals surface area (Å²) in [7, 11) is 1.84. The zero-order valence-electron chi connectivity index (χ0n) is 10.8. The van der Waals surface area contributed by atoms with Gasteiger partial charge in [0.1, 0.15) is 11.5 Å². The molecular formula is C14H13ClN2O3.